The number of fused-ring (bicyclic) bond motifs is 1. The van der Waals surface area contributed by atoms with Crippen molar-refractivity contribution in [3.8, 4) is 5.69 Å². The van der Waals surface area contributed by atoms with Gasteiger partial charge in [-0.1, -0.05) is 12.1 Å². The van der Waals surface area contributed by atoms with Crippen molar-refractivity contribution in [2.45, 2.75) is 51.5 Å². The summed E-state index contributed by atoms with van der Waals surface area (Å²) in [5, 5.41) is 12.2. The van der Waals surface area contributed by atoms with E-state index < -0.39 is 53.9 Å². The number of carbonyl (C=O) groups excluding carboxylic acids is 1. The number of hydrogen-bond acceptors (Lipinski definition) is 7. The van der Waals surface area contributed by atoms with Crippen molar-refractivity contribution in [2.75, 3.05) is 24.7 Å². The molecule has 2 aliphatic rings. The van der Waals surface area contributed by atoms with Crippen LogP contribution in [0.15, 0.2) is 46.0 Å². The molecule has 0 saturated carbocycles. The van der Waals surface area contributed by atoms with Gasteiger partial charge in [0, 0.05) is 32.1 Å². The molecule has 0 radical (unpaired) electrons. The first-order valence-corrected chi connectivity index (χ1v) is 13.9. The number of aryl methyl sites for hydroxylation is 1. The van der Waals surface area contributed by atoms with Crippen LogP contribution in [0.3, 0.4) is 0 Å². The molecule has 5 rings (SSSR count). The van der Waals surface area contributed by atoms with Crippen molar-refractivity contribution in [3.05, 3.63) is 91.0 Å². The summed E-state index contributed by atoms with van der Waals surface area (Å²) in [6.07, 6.45) is -3.21. The lowest BCUT2D eigenvalue weighted by molar-refractivity contribution is -0.139. The van der Waals surface area contributed by atoms with Gasteiger partial charge in [0.05, 0.1) is 55.0 Å². The second-order valence-electron chi connectivity index (χ2n) is 10.8. The van der Waals surface area contributed by atoms with E-state index in [9.17, 15) is 33.1 Å². The van der Waals surface area contributed by atoms with Gasteiger partial charge in [0.1, 0.15) is 11.9 Å². The molecule has 2 atom stereocenters. The Morgan fingerprint density at radius 2 is 1.82 bits per heavy atom. The summed E-state index contributed by atoms with van der Waals surface area (Å²) < 4.78 is 54.4. The summed E-state index contributed by atoms with van der Waals surface area (Å²) in [6, 6.07) is 6.55. The number of benzene rings is 2. The molecular formula is C30H31F3N4O7. The lowest BCUT2D eigenvalue weighted by atomic mass is 10.0. The van der Waals surface area contributed by atoms with Gasteiger partial charge in [0.25, 0.3) is 11.5 Å². The molecule has 1 fully saturated rings. The highest BCUT2D eigenvalue weighted by atomic mass is 19.3. The fourth-order valence-corrected chi connectivity index (χ4v) is 5.64. The van der Waals surface area contributed by atoms with Crippen LogP contribution < -0.4 is 21.5 Å². The zero-order valence-corrected chi connectivity index (χ0v) is 24.0. The maximum atomic E-state index is 15.3. The van der Waals surface area contributed by atoms with Gasteiger partial charge in [0.2, 0.25) is 6.43 Å². The van der Waals surface area contributed by atoms with Crippen LogP contribution in [0.1, 0.15) is 39.2 Å². The van der Waals surface area contributed by atoms with Crippen molar-refractivity contribution in [2.24, 2.45) is 7.05 Å². The van der Waals surface area contributed by atoms with Gasteiger partial charge < -0.3 is 24.8 Å². The molecule has 2 aromatic carbocycles. The van der Waals surface area contributed by atoms with Crippen molar-refractivity contribution < 1.29 is 37.3 Å². The summed E-state index contributed by atoms with van der Waals surface area (Å²) in [6.45, 7) is 2.35. The zero-order valence-electron chi connectivity index (χ0n) is 24.0. The highest BCUT2D eigenvalue weighted by Crippen LogP contribution is 2.28. The minimum atomic E-state index is -2.58. The Kier molecular flexibility index (Phi) is 8.92. The van der Waals surface area contributed by atoms with E-state index >= 15 is 4.39 Å². The second-order valence-corrected chi connectivity index (χ2v) is 10.8. The Balaban J connectivity index is 1.33. The van der Waals surface area contributed by atoms with Gasteiger partial charge in [-0.25, -0.2) is 27.3 Å². The van der Waals surface area contributed by atoms with Gasteiger partial charge in [-0.2, -0.15) is 0 Å². The smallest absolute Gasteiger partial charge is 0.335 e. The Morgan fingerprint density at radius 3 is 2.48 bits per heavy atom. The maximum absolute atomic E-state index is 15.3. The largest absolute Gasteiger partial charge is 0.480 e. The predicted molar refractivity (Wildman–Crippen MR) is 152 cm³/mol. The van der Waals surface area contributed by atoms with Gasteiger partial charge in [-0.15, -0.1) is 0 Å². The molecule has 3 aromatic rings. The molecule has 0 aliphatic carbocycles. The third-order valence-corrected chi connectivity index (χ3v) is 7.92. The average Bonchev–Trinajstić information content (AvgIpc) is 3.47. The van der Waals surface area contributed by atoms with E-state index in [1.807, 2.05) is 0 Å². The van der Waals surface area contributed by atoms with Crippen LogP contribution in [0, 0.1) is 12.7 Å². The van der Waals surface area contributed by atoms with E-state index in [0.29, 0.717) is 22.5 Å². The van der Waals surface area contributed by atoms with Crippen LogP contribution in [0.25, 0.3) is 5.69 Å². The summed E-state index contributed by atoms with van der Waals surface area (Å²) in [4.78, 5) is 52.6. The summed E-state index contributed by atoms with van der Waals surface area (Å²) in [5.41, 5.74) is 0.786. The zero-order chi connectivity index (χ0) is 31.7. The van der Waals surface area contributed by atoms with Crippen LogP contribution in [0.5, 0.6) is 0 Å². The molecule has 2 aliphatic heterocycles. The minimum Gasteiger partial charge on any atom is -0.480 e. The van der Waals surface area contributed by atoms with E-state index in [1.165, 1.54) is 41.8 Å². The fourth-order valence-electron chi connectivity index (χ4n) is 5.64. The molecule has 2 unspecified atom stereocenters. The second kappa shape index (κ2) is 12.7. The fraction of sp³-hybridized carbons (Fsp3) is 0.400. The van der Waals surface area contributed by atoms with Crippen LogP contribution in [0.4, 0.5) is 18.9 Å². The standard InChI is InChI=1S/C30H31F3N4O7/c1-16-9-19(36-7-8-43-13-20(36)12-25(32)33)11-22(31)26(16)27(38)34-23(29(40)41)10-17-3-5-18(6-4-17)37-28(39)21-14-44-15-24(21)35(2)30(37)42/h3-6,9,11,20,23,25H,7-8,10,12-15H2,1-2H3,(H,34,38)(H,40,41). The number of carboxylic acid groups (broad SMARTS) is 1. The quantitative estimate of drug-likeness (QED) is 0.375. The Morgan fingerprint density at radius 1 is 1.09 bits per heavy atom. The van der Waals surface area contributed by atoms with Crippen LogP contribution in [-0.4, -0.2) is 64.4 Å². The highest BCUT2D eigenvalue weighted by Gasteiger charge is 2.29. The van der Waals surface area contributed by atoms with Crippen LogP contribution >= 0.6 is 0 Å². The molecule has 3 heterocycles. The molecule has 0 bridgehead atoms. The number of carboxylic acids is 1. The monoisotopic (exact) mass is 616 g/mol. The lowest BCUT2D eigenvalue weighted by Gasteiger charge is -2.37. The molecular weight excluding hydrogens is 585 g/mol. The van der Waals surface area contributed by atoms with Crippen molar-refractivity contribution in [3.63, 3.8) is 0 Å². The topological polar surface area (TPSA) is 132 Å². The number of ether oxygens (including phenoxy) is 2. The number of hydrogen-bond donors (Lipinski definition) is 2. The first-order chi connectivity index (χ1) is 21.0. The van der Waals surface area contributed by atoms with Crippen LogP contribution in [0.2, 0.25) is 0 Å². The van der Waals surface area contributed by atoms with Crippen LogP contribution in [-0.2, 0) is 41.0 Å². The van der Waals surface area contributed by atoms with E-state index in [1.54, 1.807) is 11.9 Å². The molecule has 0 spiro atoms. The number of aliphatic carboxylic acids is 1. The van der Waals surface area contributed by atoms with E-state index in [0.717, 1.165) is 10.6 Å². The molecule has 1 aromatic heterocycles. The molecule has 11 nitrogen and oxygen atoms in total. The van der Waals surface area contributed by atoms with E-state index in [2.05, 4.69) is 5.32 Å². The number of nitrogens with one attached hydrogen (secondary N) is 1. The Labute approximate surface area is 249 Å². The summed E-state index contributed by atoms with van der Waals surface area (Å²) in [5.74, 6) is -3.22. The minimum absolute atomic E-state index is 0.0597. The molecule has 1 saturated heterocycles. The molecule has 1 amide bonds. The first kappa shape index (κ1) is 31.0. The average molecular weight is 617 g/mol. The number of rotatable bonds is 9. The SMILES string of the molecule is Cc1cc(N2CCOCC2CC(F)F)cc(F)c1C(=O)NC(Cc1ccc(-n2c(=O)c3c(n(C)c2=O)COC3)cc1)C(=O)O. The third kappa shape index (κ3) is 6.13. The normalized spacial score (nSPS) is 17.0. The van der Waals surface area contributed by atoms with E-state index in [-0.39, 0.29) is 56.2 Å². The Bertz CT molecular complexity index is 1680. The maximum Gasteiger partial charge on any atom is 0.335 e. The highest BCUT2D eigenvalue weighted by molar-refractivity contribution is 5.98. The number of halogens is 3. The number of morpholine rings is 1. The number of aromatic nitrogens is 2. The van der Waals surface area contributed by atoms with Gasteiger partial charge in [0.15, 0.2) is 0 Å². The molecule has 2 N–H and O–H groups in total. The number of anilines is 1. The summed E-state index contributed by atoms with van der Waals surface area (Å²) in [7, 11) is 1.55. The third-order valence-electron chi connectivity index (χ3n) is 7.92. The summed E-state index contributed by atoms with van der Waals surface area (Å²) >= 11 is 0. The van der Waals surface area contributed by atoms with Gasteiger partial charge in [-0.3, -0.25) is 14.2 Å². The van der Waals surface area contributed by atoms with E-state index in [4.69, 9.17) is 9.47 Å². The number of nitrogens with zero attached hydrogens (tertiary/aromatic N) is 3. The van der Waals surface area contributed by atoms with Crippen molar-refractivity contribution >= 4 is 17.6 Å². The number of alkyl halides is 2. The predicted octanol–water partition coefficient (Wildman–Crippen LogP) is 2.30. The number of carbonyl (C=O) groups is 2. The first-order valence-electron chi connectivity index (χ1n) is 13.9. The Hall–Kier alpha value is -4.43. The van der Waals surface area contributed by atoms with Gasteiger partial charge in [-0.05, 0) is 42.3 Å². The molecule has 234 valence electrons. The van der Waals surface area contributed by atoms with Crippen molar-refractivity contribution in [1.82, 2.24) is 14.5 Å². The molecule has 14 heteroatoms. The van der Waals surface area contributed by atoms with Gasteiger partial charge >= 0.3 is 11.7 Å². The number of amides is 1. The lowest BCUT2D eigenvalue weighted by Crippen LogP contribution is -2.46. The molecule has 44 heavy (non-hydrogen) atoms. The van der Waals surface area contributed by atoms with Crippen molar-refractivity contribution in [1.29, 1.82) is 0 Å².